The molecule has 0 aromatic heterocycles. The molecule has 1 heterocycles. The molecular weight excluding hydrogens is 234 g/mol. The van der Waals surface area contributed by atoms with Crippen LogP contribution in [-0.2, 0) is 9.53 Å². The Labute approximate surface area is 109 Å². The van der Waals surface area contributed by atoms with E-state index in [9.17, 15) is 9.90 Å². The SMILES string of the molecule is CCCC(C)N1CCC[C@H]1[C@H](O)COCC(=O)O. The number of hydrogen-bond acceptors (Lipinski definition) is 4. The van der Waals surface area contributed by atoms with Gasteiger partial charge in [0, 0.05) is 12.1 Å². The van der Waals surface area contributed by atoms with Crippen molar-refractivity contribution in [2.45, 2.75) is 57.7 Å². The summed E-state index contributed by atoms with van der Waals surface area (Å²) in [6.07, 6.45) is 3.72. The molecule has 1 fully saturated rings. The zero-order valence-corrected chi connectivity index (χ0v) is 11.3. The molecule has 1 aliphatic rings. The standard InChI is InChI=1S/C13H25NO4/c1-3-5-10(2)14-7-4-6-11(14)12(15)8-18-9-13(16)17/h10-12,15H,3-9H2,1-2H3,(H,16,17)/t10?,11-,12+/m0/s1. The van der Waals surface area contributed by atoms with Crippen molar-refractivity contribution in [2.24, 2.45) is 0 Å². The Kier molecular flexibility index (Phi) is 6.60. The molecule has 0 radical (unpaired) electrons. The first-order valence-corrected chi connectivity index (χ1v) is 6.79. The lowest BCUT2D eigenvalue weighted by Gasteiger charge is -2.33. The van der Waals surface area contributed by atoms with Gasteiger partial charge >= 0.3 is 5.97 Å². The average Bonchev–Trinajstić information content (AvgIpc) is 2.77. The van der Waals surface area contributed by atoms with E-state index in [0.29, 0.717) is 6.04 Å². The highest BCUT2D eigenvalue weighted by Crippen LogP contribution is 2.24. The Bertz CT molecular complexity index is 259. The van der Waals surface area contributed by atoms with E-state index in [4.69, 9.17) is 9.84 Å². The summed E-state index contributed by atoms with van der Waals surface area (Å²) in [5, 5.41) is 18.6. The molecule has 0 aliphatic carbocycles. The molecule has 1 aliphatic heterocycles. The smallest absolute Gasteiger partial charge is 0.329 e. The minimum atomic E-state index is -0.996. The molecule has 0 saturated carbocycles. The van der Waals surface area contributed by atoms with Gasteiger partial charge in [0.1, 0.15) is 6.61 Å². The number of ether oxygens (including phenoxy) is 1. The zero-order chi connectivity index (χ0) is 13.5. The van der Waals surface area contributed by atoms with Gasteiger partial charge in [-0.15, -0.1) is 0 Å². The minimum absolute atomic E-state index is 0.103. The highest BCUT2D eigenvalue weighted by atomic mass is 16.5. The van der Waals surface area contributed by atoms with E-state index >= 15 is 0 Å². The highest BCUT2D eigenvalue weighted by Gasteiger charge is 2.33. The van der Waals surface area contributed by atoms with Crippen molar-refractivity contribution in [3.05, 3.63) is 0 Å². The molecule has 1 rings (SSSR count). The number of aliphatic hydroxyl groups excluding tert-OH is 1. The van der Waals surface area contributed by atoms with Crippen molar-refractivity contribution in [3.63, 3.8) is 0 Å². The maximum atomic E-state index is 10.3. The number of aliphatic hydroxyl groups is 1. The molecule has 0 aromatic rings. The first-order valence-electron chi connectivity index (χ1n) is 6.79. The molecule has 106 valence electrons. The predicted molar refractivity (Wildman–Crippen MR) is 68.6 cm³/mol. The average molecular weight is 259 g/mol. The fourth-order valence-corrected chi connectivity index (χ4v) is 2.74. The van der Waals surface area contributed by atoms with Crippen molar-refractivity contribution in [1.82, 2.24) is 4.90 Å². The summed E-state index contributed by atoms with van der Waals surface area (Å²) in [4.78, 5) is 12.7. The van der Waals surface area contributed by atoms with Crippen molar-refractivity contribution in [3.8, 4) is 0 Å². The monoisotopic (exact) mass is 259 g/mol. The lowest BCUT2D eigenvalue weighted by molar-refractivity contribution is -0.143. The Morgan fingerprint density at radius 2 is 2.28 bits per heavy atom. The minimum Gasteiger partial charge on any atom is -0.480 e. The topological polar surface area (TPSA) is 70.0 Å². The van der Waals surface area contributed by atoms with Crippen LogP contribution in [0.15, 0.2) is 0 Å². The van der Waals surface area contributed by atoms with E-state index in [1.54, 1.807) is 0 Å². The Morgan fingerprint density at radius 1 is 1.56 bits per heavy atom. The summed E-state index contributed by atoms with van der Waals surface area (Å²) in [6.45, 7) is 5.13. The van der Waals surface area contributed by atoms with E-state index in [0.717, 1.165) is 32.2 Å². The lowest BCUT2D eigenvalue weighted by Crippen LogP contribution is -2.45. The van der Waals surface area contributed by atoms with Gasteiger partial charge in [-0.1, -0.05) is 13.3 Å². The molecule has 1 unspecified atom stereocenters. The Hall–Kier alpha value is -0.650. The molecule has 0 amide bonds. The fraction of sp³-hybridized carbons (Fsp3) is 0.923. The van der Waals surface area contributed by atoms with Crippen LogP contribution in [0.1, 0.15) is 39.5 Å². The second-order valence-corrected chi connectivity index (χ2v) is 5.06. The van der Waals surface area contributed by atoms with Crippen LogP contribution in [0, 0.1) is 0 Å². The van der Waals surface area contributed by atoms with Crippen LogP contribution >= 0.6 is 0 Å². The second-order valence-electron chi connectivity index (χ2n) is 5.06. The molecule has 2 N–H and O–H groups in total. The van der Waals surface area contributed by atoms with Gasteiger partial charge in [0.2, 0.25) is 0 Å². The molecule has 5 heteroatoms. The number of carboxylic acids is 1. The van der Waals surface area contributed by atoms with Gasteiger partial charge in [-0.05, 0) is 32.7 Å². The predicted octanol–water partition coefficient (Wildman–Crippen LogP) is 1.10. The highest BCUT2D eigenvalue weighted by molar-refractivity contribution is 5.67. The van der Waals surface area contributed by atoms with Gasteiger partial charge in [-0.25, -0.2) is 4.79 Å². The molecular formula is C13H25NO4. The van der Waals surface area contributed by atoms with E-state index < -0.39 is 12.1 Å². The summed E-state index contributed by atoms with van der Waals surface area (Å²) in [6, 6.07) is 0.581. The normalized spacial score (nSPS) is 24.1. The van der Waals surface area contributed by atoms with E-state index in [1.807, 2.05) is 0 Å². The maximum absolute atomic E-state index is 10.3. The summed E-state index contributed by atoms with van der Waals surface area (Å²) in [5.41, 5.74) is 0. The summed E-state index contributed by atoms with van der Waals surface area (Å²) in [5.74, 6) is -0.996. The second kappa shape index (κ2) is 7.71. The zero-order valence-electron chi connectivity index (χ0n) is 11.3. The fourth-order valence-electron chi connectivity index (χ4n) is 2.74. The van der Waals surface area contributed by atoms with Crippen molar-refractivity contribution < 1.29 is 19.7 Å². The molecule has 1 saturated heterocycles. The van der Waals surface area contributed by atoms with Crippen LogP contribution < -0.4 is 0 Å². The molecule has 3 atom stereocenters. The molecule has 5 nitrogen and oxygen atoms in total. The van der Waals surface area contributed by atoms with Crippen LogP contribution in [0.4, 0.5) is 0 Å². The van der Waals surface area contributed by atoms with Gasteiger partial charge in [-0.2, -0.15) is 0 Å². The molecule has 0 aromatic carbocycles. The number of likely N-dealkylation sites (tertiary alicyclic amines) is 1. The van der Waals surface area contributed by atoms with Crippen molar-refractivity contribution in [2.75, 3.05) is 19.8 Å². The van der Waals surface area contributed by atoms with E-state index in [1.165, 1.54) is 0 Å². The summed E-state index contributed by atoms with van der Waals surface area (Å²) >= 11 is 0. The number of nitrogens with zero attached hydrogens (tertiary/aromatic N) is 1. The third kappa shape index (κ3) is 4.55. The number of carboxylic acid groups (broad SMARTS) is 1. The van der Waals surface area contributed by atoms with Crippen LogP contribution in [0.25, 0.3) is 0 Å². The number of aliphatic carboxylic acids is 1. The quantitative estimate of drug-likeness (QED) is 0.683. The molecule has 0 bridgehead atoms. The molecule has 0 spiro atoms. The summed E-state index contributed by atoms with van der Waals surface area (Å²) < 4.78 is 4.98. The van der Waals surface area contributed by atoms with Gasteiger partial charge in [0.25, 0.3) is 0 Å². The summed E-state index contributed by atoms with van der Waals surface area (Å²) in [7, 11) is 0. The molecule has 18 heavy (non-hydrogen) atoms. The van der Waals surface area contributed by atoms with Gasteiger partial charge in [0.15, 0.2) is 0 Å². The Morgan fingerprint density at radius 3 is 2.89 bits per heavy atom. The van der Waals surface area contributed by atoms with Crippen LogP contribution in [-0.4, -0.2) is 59.0 Å². The third-order valence-corrected chi connectivity index (χ3v) is 3.57. The number of rotatable bonds is 8. The Balaban J connectivity index is 2.40. The first-order chi connectivity index (χ1) is 8.56. The van der Waals surface area contributed by atoms with Crippen LogP contribution in [0.5, 0.6) is 0 Å². The van der Waals surface area contributed by atoms with Crippen molar-refractivity contribution in [1.29, 1.82) is 0 Å². The lowest BCUT2D eigenvalue weighted by atomic mass is 10.1. The third-order valence-electron chi connectivity index (χ3n) is 3.57. The van der Waals surface area contributed by atoms with Gasteiger partial charge < -0.3 is 14.9 Å². The van der Waals surface area contributed by atoms with Crippen LogP contribution in [0.2, 0.25) is 0 Å². The van der Waals surface area contributed by atoms with E-state index in [2.05, 4.69) is 18.7 Å². The number of hydrogen-bond donors (Lipinski definition) is 2. The largest absolute Gasteiger partial charge is 0.480 e. The number of carbonyl (C=O) groups is 1. The first kappa shape index (κ1) is 15.4. The van der Waals surface area contributed by atoms with Crippen LogP contribution in [0.3, 0.4) is 0 Å². The van der Waals surface area contributed by atoms with Gasteiger partial charge in [-0.3, -0.25) is 4.90 Å². The van der Waals surface area contributed by atoms with E-state index in [-0.39, 0.29) is 19.3 Å². The van der Waals surface area contributed by atoms with Gasteiger partial charge in [0.05, 0.1) is 12.7 Å². The maximum Gasteiger partial charge on any atom is 0.329 e. The van der Waals surface area contributed by atoms with Crippen molar-refractivity contribution >= 4 is 5.97 Å².